The molecule has 0 aliphatic carbocycles. The first-order chi connectivity index (χ1) is 7.49. The Morgan fingerprint density at radius 1 is 1.31 bits per heavy atom. The van der Waals surface area contributed by atoms with E-state index in [0.29, 0.717) is 6.42 Å². The molecular weight excluding hydrogens is 210 g/mol. The molecule has 1 aliphatic heterocycles. The van der Waals surface area contributed by atoms with Gasteiger partial charge in [-0.25, -0.2) is 0 Å². The SMILES string of the molecule is COCC(O)CCN1C(=O)C(C)C(C)C1=O. The van der Waals surface area contributed by atoms with E-state index in [1.807, 2.05) is 0 Å². The van der Waals surface area contributed by atoms with E-state index in [2.05, 4.69) is 0 Å². The van der Waals surface area contributed by atoms with Crippen LogP contribution >= 0.6 is 0 Å². The number of imide groups is 1. The van der Waals surface area contributed by atoms with Gasteiger partial charge in [-0.1, -0.05) is 13.8 Å². The van der Waals surface area contributed by atoms with Crippen LogP contribution in [0.2, 0.25) is 0 Å². The van der Waals surface area contributed by atoms with E-state index in [1.54, 1.807) is 13.8 Å². The Morgan fingerprint density at radius 3 is 2.25 bits per heavy atom. The van der Waals surface area contributed by atoms with Crippen molar-refractivity contribution >= 4 is 11.8 Å². The van der Waals surface area contributed by atoms with Gasteiger partial charge in [0.25, 0.3) is 0 Å². The molecule has 1 aliphatic rings. The van der Waals surface area contributed by atoms with E-state index < -0.39 is 6.10 Å². The molecule has 0 aromatic carbocycles. The summed E-state index contributed by atoms with van der Waals surface area (Å²) in [7, 11) is 1.50. The highest BCUT2D eigenvalue weighted by Crippen LogP contribution is 2.25. The fourth-order valence-electron chi connectivity index (χ4n) is 1.80. The van der Waals surface area contributed by atoms with Crippen LogP contribution in [0.4, 0.5) is 0 Å². The highest BCUT2D eigenvalue weighted by atomic mass is 16.5. The van der Waals surface area contributed by atoms with E-state index in [4.69, 9.17) is 4.74 Å². The maximum atomic E-state index is 11.7. The number of methoxy groups -OCH3 is 1. The molecular formula is C11H19NO4. The van der Waals surface area contributed by atoms with Crippen molar-refractivity contribution in [2.24, 2.45) is 11.8 Å². The summed E-state index contributed by atoms with van der Waals surface area (Å²) < 4.78 is 4.78. The smallest absolute Gasteiger partial charge is 0.232 e. The van der Waals surface area contributed by atoms with Crippen LogP contribution in [0.3, 0.4) is 0 Å². The lowest BCUT2D eigenvalue weighted by Gasteiger charge is -2.16. The van der Waals surface area contributed by atoms with Gasteiger partial charge in [0, 0.05) is 25.5 Å². The van der Waals surface area contributed by atoms with Gasteiger partial charge in [-0.2, -0.15) is 0 Å². The molecule has 1 heterocycles. The van der Waals surface area contributed by atoms with Crippen molar-refractivity contribution in [3.05, 3.63) is 0 Å². The number of carbonyl (C=O) groups excluding carboxylic acids is 2. The molecule has 3 atom stereocenters. The maximum absolute atomic E-state index is 11.7. The van der Waals surface area contributed by atoms with Crippen molar-refractivity contribution in [1.82, 2.24) is 4.90 Å². The average Bonchev–Trinajstić information content (AvgIpc) is 2.42. The Hall–Kier alpha value is -0.940. The molecule has 1 fully saturated rings. The average molecular weight is 229 g/mol. The number of aliphatic hydroxyl groups excluding tert-OH is 1. The number of ether oxygens (including phenoxy) is 1. The predicted octanol–water partition coefficient (Wildman–Crippen LogP) is 0.0248. The zero-order valence-electron chi connectivity index (χ0n) is 9.97. The van der Waals surface area contributed by atoms with Crippen molar-refractivity contribution in [3.8, 4) is 0 Å². The first-order valence-corrected chi connectivity index (χ1v) is 5.51. The number of carbonyl (C=O) groups is 2. The van der Waals surface area contributed by atoms with Crippen molar-refractivity contribution in [1.29, 1.82) is 0 Å². The molecule has 0 radical (unpaired) electrons. The van der Waals surface area contributed by atoms with Crippen molar-refractivity contribution in [3.63, 3.8) is 0 Å². The number of amides is 2. The third kappa shape index (κ3) is 2.59. The lowest BCUT2D eigenvalue weighted by atomic mass is 10.00. The Balaban J connectivity index is 2.49. The molecule has 1 rings (SSSR count). The van der Waals surface area contributed by atoms with Gasteiger partial charge in [-0.05, 0) is 6.42 Å². The van der Waals surface area contributed by atoms with E-state index in [-0.39, 0.29) is 36.8 Å². The summed E-state index contributed by atoms with van der Waals surface area (Å²) in [4.78, 5) is 24.6. The molecule has 1 N–H and O–H groups in total. The number of hydrogen-bond donors (Lipinski definition) is 1. The highest BCUT2D eigenvalue weighted by Gasteiger charge is 2.41. The molecule has 92 valence electrons. The van der Waals surface area contributed by atoms with E-state index >= 15 is 0 Å². The minimum Gasteiger partial charge on any atom is -0.391 e. The van der Waals surface area contributed by atoms with Crippen LogP contribution in [-0.4, -0.2) is 48.2 Å². The number of hydrogen-bond acceptors (Lipinski definition) is 4. The molecule has 3 unspecified atom stereocenters. The summed E-state index contributed by atoms with van der Waals surface area (Å²) in [6.07, 6.45) is -0.262. The Bertz CT molecular complexity index is 259. The van der Waals surface area contributed by atoms with E-state index in [9.17, 15) is 14.7 Å². The summed E-state index contributed by atoms with van der Waals surface area (Å²) in [6.45, 7) is 4.02. The van der Waals surface area contributed by atoms with Crippen LogP contribution in [0.5, 0.6) is 0 Å². The zero-order chi connectivity index (χ0) is 12.3. The van der Waals surface area contributed by atoms with Gasteiger partial charge < -0.3 is 9.84 Å². The van der Waals surface area contributed by atoms with Gasteiger partial charge in [0.15, 0.2) is 0 Å². The van der Waals surface area contributed by atoms with Gasteiger partial charge >= 0.3 is 0 Å². The van der Waals surface area contributed by atoms with Gasteiger partial charge in [0.2, 0.25) is 11.8 Å². The number of nitrogens with zero attached hydrogens (tertiary/aromatic N) is 1. The van der Waals surface area contributed by atoms with E-state index in [0.717, 1.165) is 0 Å². The quantitative estimate of drug-likeness (QED) is 0.675. The van der Waals surface area contributed by atoms with E-state index in [1.165, 1.54) is 12.0 Å². The molecule has 16 heavy (non-hydrogen) atoms. The highest BCUT2D eigenvalue weighted by molar-refractivity contribution is 6.04. The Morgan fingerprint density at radius 2 is 1.81 bits per heavy atom. The van der Waals surface area contributed by atoms with Crippen LogP contribution in [0.15, 0.2) is 0 Å². The third-order valence-electron chi connectivity index (χ3n) is 3.11. The number of aliphatic hydroxyl groups is 1. The van der Waals surface area contributed by atoms with Crippen LogP contribution in [0, 0.1) is 11.8 Å². The Kier molecular flexibility index (Phi) is 4.44. The van der Waals surface area contributed by atoms with Crippen LogP contribution in [0.1, 0.15) is 20.3 Å². The zero-order valence-corrected chi connectivity index (χ0v) is 9.97. The van der Waals surface area contributed by atoms with Gasteiger partial charge in [-0.3, -0.25) is 14.5 Å². The van der Waals surface area contributed by atoms with Crippen LogP contribution in [-0.2, 0) is 14.3 Å². The summed E-state index contributed by atoms with van der Waals surface area (Å²) in [5.41, 5.74) is 0. The summed E-state index contributed by atoms with van der Waals surface area (Å²) >= 11 is 0. The number of rotatable bonds is 5. The molecule has 5 heteroatoms. The third-order valence-corrected chi connectivity index (χ3v) is 3.11. The van der Waals surface area contributed by atoms with Crippen molar-refractivity contribution in [2.45, 2.75) is 26.4 Å². The molecule has 0 aromatic rings. The van der Waals surface area contributed by atoms with Crippen LogP contribution in [0.25, 0.3) is 0 Å². The molecule has 0 bridgehead atoms. The topological polar surface area (TPSA) is 66.8 Å². The fraction of sp³-hybridized carbons (Fsp3) is 0.818. The second-order valence-corrected chi connectivity index (χ2v) is 4.30. The van der Waals surface area contributed by atoms with Crippen molar-refractivity contribution in [2.75, 3.05) is 20.3 Å². The largest absolute Gasteiger partial charge is 0.391 e. The summed E-state index contributed by atoms with van der Waals surface area (Å²) in [6, 6.07) is 0. The summed E-state index contributed by atoms with van der Waals surface area (Å²) in [5.74, 6) is -0.761. The standard InChI is InChI=1S/C11H19NO4/c1-7-8(2)11(15)12(10(7)14)5-4-9(13)6-16-3/h7-9,13H,4-6H2,1-3H3. The molecule has 2 amide bonds. The second-order valence-electron chi connectivity index (χ2n) is 4.30. The normalized spacial score (nSPS) is 27.6. The second kappa shape index (κ2) is 5.41. The monoisotopic (exact) mass is 229 g/mol. The fourth-order valence-corrected chi connectivity index (χ4v) is 1.80. The summed E-state index contributed by atoms with van der Waals surface area (Å²) in [5, 5.41) is 9.44. The predicted molar refractivity (Wildman–Crippen MR) is 57.5 cm³/mol. The molecule has 1 saturated heterocycles. The molecule has 0 aromatic heterocycles. The van der Waals surface area contributed by atoms with Crippen molar-refractivity contribution < 1.29 is 19.4 Å². The first-order valence-electron chi connectivity index (χ1n) is 5.51. The number of likely N-dealkylation sites (tertiary alicyclic amines) is 1. The lowest BCUT2D eigenvalue weighted by Crippen LogP contribution is -2.34. The molecule has 5 nitrogen and oxygen atoms in total. The minimum atomic E-state index is -0.628. The lowest BCUT2D eigenvalue weighted by molar-refractivity contribution is -0.140. The Labute approximate surface area is 95.4 Å². The molecule has 0 spiro atoms. The van der Waals surface area contributed by atoms with Gasteiger partial charge in [0.05, 0.1) is 12.7 Å². The minimum absolute atomic E-state index is 0.137. The molecule has 0 saturated carbocycles. The van der Waals surface area contributed by atoms with Crippen LogP contribution < -0.4 is 0 Å². The van der Waals surface area contributed by atoms with Gasteiger partial charge in [-0.15, -0.1) is 0 Å². The maximum Gasteiger partial charge on any atom is 0.232 e. The van der Waals surface area contributed by atoms with Gasteiger partial charge in [0.1, 0.15) is 0 Å². The first kappa shape index (κ1) is 13.1.